The van der Waals surface area contributed by atoms with E-state index in [1.165, 1.54) is 6.26 Å². The maximum absolute atomic E-state index is 10.5. The maximum atomic E-state index is 10.5. The molecule has 0 bridgehead atoms. The highest BCUT2D eigenvalue weighted by Crippen LogP contribution is 2.35. The standard InChI is InChI=1S/C10H21O4P/c1-2-14-9-7-5-3-4-6-8-10-15(11,12)13/h2H,1,3-10H2,(H2,11,12,13). The van der Waals surface area contributed by atoms with E-state index in [0.717, 1.165) is 32.1 Å². The summed E-state index contributed by atoms with van der Waals surface area (Å²) in [5, 5.41) is 0. The normalized spacial score (nSPS) is 11.3. The Balaban J connectivity index is 3.05. The molecule has 0 aromatic carbocycles. The van der Waals surface area contributed by atoms with E-state index in [9.17, 15) is 4.57 Å². The van der Waals surface area contributed by atoms with Gasteiger partial charge in [-0.05, 0) is 12.8 Å². The average Bonchev–Trinajstić information content (AvgIpc) is 2.14. The summed E-state index contributed by atoms with van der Waals surface area (Å²) in [5.41, 5.74) is 0. The monoisotopic (exact) mass is 236 g/mol. The summed E-state index contributed by atoms with van der Waals surface area (Å²) in [6.07, 6.45) is 7.23. The molecule has 0 saturated carbocycles. The second kappa shape index (κ2) is 8.96. The molecule has 0 fully saturated rings. The van der Waals surface area contributed by atoms with Crippen LogP contribution in [0.5, 0.6) is 0 Å². The molecule has 0 amide bonds. The van der Waals surface area contributed by atoms with Gasteiger partial charge in [-0.15, -0.1) is 0 Å². The highest BCUT2D eigenvalue weighted by atomic mass is 31.2. The van der Waals surface area contributed by atoms with E-state index in [2.05, 4.69) is 6.58 Å². The molecule has 0 rings (SSSR count). The van der Waals surface area contributed by atoms with Crippen molar-refractivity contribution in [2.24, 2.45) is 0 Å². The Morgan fingerprint density at radius 2 is 1.60 bits per heavy atom. The summed E-state index contributed by atoms with van der Waals surface area (Å²) in [5.74, 6) is 0. The molecule has 0 radical (unpaired) electrons. The van der Waals surface area contributed by atoms with Gasteiger partial charge in [-0.2, -0.15) is 0 Å². The van der Waals surface area contributed by atoms with Gasteiger partial charge in [-0.25, -0.2) is 0 Å². The van der Waals surface area contributed by atoms with Gasteiger partial charge in [0.15, 0.2) is 0 Å². The highest BCUT2D eigenvalue weighted by Gasteiger charge is 2.10. The van der Waals surface area contributed by atoms with Gasteiger partial charge in [0, 0.05) is 6.16 Å². The van der Waals surface area contributed by atoms with Gasteiger partial charge in [0.05, 0.1) is 12.9 Å². The van der Waals surface area contributed by atoms with E-state index < -0.39 is 7.60 Å². The van der Waals surface area contributed by atoms with Crippen molar-refractivity contribution in [3.8, 4) is 0 Å². The maximum Gasteiger partial charge on any atom is 0.325 e. The van der Waals surface area contributed by atoms with Crippen molar-refractivity contribution >= 4 is 7.60 Å². The molecule has 0 aromatic rings. The Kier molecular flexibility index (Phi) is 8.77. The summed E-state index contributed by atoms with van der Waals surface area (Å²) >= 11 is 0. The third kappa shape index (κ3) is 13.7. The molecular formula is C10H21O4P. The molecule has 0 atom stereocenters. The van der Waals surface area contributed by atoms with E-state index in [1.54, 1.807) is 0 Å². The first-order valence-electron chi connectivity index (χ1n) is 5.33. The van der Waals surface area contributed by atoms with Gasteiger partial charge < -0.3 is 14.5 Å². The largest absolute Gasteiger partial charge is 0.502 e. The summed E-state index contributed by atoms with van der Waals surface area (Å²) in [4.78, 5) is 17.2. The lowest BCUT2D eigenvalue weighted by molar-refractivity contribution is 0.241. The lowest BCUT2D eigenvalue weighted by Crippen LogP contribution is -1.90. The molecule has 0 spiro atoms. The van der Waals surface area contributed by atoms with Crippen LogP contribution in [0, 0.1) is 0 Å². The van der Waals surface area contributed by atoms with Crippen LogP contribution < -0.4 is 0 Å². The van der Waals surface area contributed by atoms with Crippen LogP contribution in [0.3, 0.4) is 0 Å². The molecule has 0 aliphatic heterocycles. The molecule has 0 aliphatic carbocycles. The average molecular weight is 236 g/mol. The van der Waals surface area contributed by atoms with Crippen molar-refractivity contribution in [2.45, 2.75) is 38.5 Å². The fourth-order valence-corrected chi connectivity index (χ4v) is 1.93. The van der Waals surface area contributed by atoms with Crippen LogP contribution in [0.1, 0.15) is 38.5 Å². The van der Waals surface area contributed by atoms with Crippen molar-refractivity contribution in [2.75, 3.05) is 12.8 Å². The number of ether oxygens (including phenoxy) is 1. The number of hydrogen-bond donors (Lipinski definition) is 2. The van der Waals surface area contributed by atoms with Crippen molar-refractivity contribution in [1.29, 1.82) is 0 Å². The van der Waals surface area contributed by atoms with E-state index in [0.29, 0.717) is 13.0 Å². The first-order valence-corrected chi connectivity index (χ1v) is 7.13. The zero-order chi connectivity index (χ0) is 11.6. The van der Waals surface area contributed by atoms with E-state index in [-0.39, 0.29) is 6.16 Å². The van der Waals surface area contributed by atoms with Gasteiger partial charge in [0.1, 0.15) is 0 Å². The lowest BCUT2D eigenvalue weighted by Gasteiger charge is -2.03. The second-order valence-electron chi connectivity index (χ2n) is 3.55. The van der Waals surface area contributed by atoms with Crippen molar-refractivity contribution in [3.05, 3.63) is 12.8 Å². The van der Waals surface area contributed by atoms with Crippen molar-refractivity contribution < 1.29 is 19.1 Å². The molecule has 0 saturated heterocycles. The highest BCUT2D eigenvalue weighted by molar-refractivity contribution is 7.51. The Hall–Kier alpha value is -0.310. The van der Waals surface area contributed by atoms with Gasteiger partial charge >= 0.3 is 7.60 Å². The molecule has 5 heteroatoms. The van der Waals surface area contributed by atoms with Crippen LogP contribution in [0.15, 0.2) is 12.8 Å². The molecule has 4 nitrogen and oxygen atoms in total. The lowest BCUT2D eigenvalue weighted by atomic mass is 10.1. The van der Waals surface area contributed by atoms with Crippen LogP contribution in [0.2, 0.25) is 0 Å². The Morgan fingerprint density at radius 1 is 1.07 bits per heavy atom. The third-order valence-corrected chi connectivity index (χ3v) is 2.98. The van der Waals surface area contributed by atoms with Crippen LogP contribution in [-0.4, -0.2) is 22.6 Å². The SMILES string of the molecule is C=COCCCCCCCCP(=O)(O)O. The molecular weight excluding hydrogens is 215 g/mol. The summed E-state index contributed by atoms with van der Waals surface area (Å²) in [6, 6.07) is 0. The molecule has 0 unspecified atom stereocenters. The van der Waals surface area contributed by atoms with Gasteiger partial charge in [-0.1, -0.05) is 32.3 Å². The van der Waals surface area contributed by atoms with Gasteiger partial charge in [-0.3, -0.25) is 4.57 Å². The second-order valence-corrected chi connectivity index (χ2v) is 5.32. The van der Waals surface area contributed by atoms with Crippen LogP contribution in [0.4, 0.5) is 0 Å². The van der Waals surface area contributed by atoms with E-state index in [4.69, 9.17) is 14.5 Å². The number of unbranched alkanes of at least 4 members (excludes halogenated alkanes) is 5. The molecule has 90 valence electrons. The van der Waals surface area contributed by atoms with Gasteiger partial charge in [0.25, 0.3) is 0 Å². The minimum atomic E-state index is -3.77. The predicted molar refractivity (Wildman–Crippen MR) is 60.8 cm³/mol. The minimum Gasteiger partial charge on any atom is -0.502 e. The number of hydrogen-bond acceptors (Lipinski definition) is 2. The number of rotatable bonds is 10. The minimum absolute atomic E-state index is 0.0204. The quantitative estimate of drug-likeness (QED) is 0.347. The summed E-state index contributed by atoms with van der Waals surface area (Å²) in [7, 11) is -3.77. The zero-order valence-electron chi connectivity index (χ0n) is 9.10. The predicted octanol–water partition coefficient (Wildman–Crippen LogP) is 2.66. The summed E-state index contributed by atoms with van der Waals surface area (Å²) in [6.45, 7) is 4.16. The van der Waals surface area contributed by atoms with Crippen LogP contribution in [-0.2, 0) is 9.30 Å². The van der Waals surface area contributed by atoms with Crippen LogP contribution in [0.25, 0.3) is 0 Å². The van der Waals surface area contributed by atoms with Crippen LogP contribution >= 0.6 is 7.60 Å². The van der Waals surface area contributed by atoms with E-state index >= 15 is 0 Å². The molecule has 2 N–H and O–H groups in total. The molecule has 0 aliphatic rings. The first kappa shape index (κ1) is 14.7. The van der Waals surface area contributed by atoms with E-state index in [1.807, 2.05) is 0 Å². The fourth-order valence-electron chi connectivity index (χ4n) is 1.29. The molecule has 0 heterocycles. The van der Waals surface area contributed by atoms with Gasteiger partial charge in [0.2, 0.25) is 0 Å². The Bertz CT molecular complexity index is 200. The smallest absolute Gasteiger partial charge is 0.325 e. The molecule has 15 heavy (non-hydrogen) atoms. The van der Waals surface area contributed by atoms with Crippen molar-refractivity contribution in [3.63, 3.8) is 0 Å². The third-order valence-electron chi connectivity index (χ3n) is 2.08. The van der Waals surface area contributed by atoms with Crippen molar-refractivity contribution in [1.82, 2.24) is 0 Å². The topological polar surface area (TPSA) is 66.8 Å². The zero-order valence-corrected chi connectivity index (χ0v) is 9.99. The molecule has 0 aromatic heterocycles. The Morgan fingerprint density at radius 3 is 2.13 bits per heavy atom. The Labute approximate surface area is 91.5 Å². The first-order chi connectivity index (χ1) is 7.06. The fraction of sp³-hybridized carbons (Fsp3) is 0.800. The summed E-state index contributed by atoms with van der Waals surface area (Å²) < 4.78 is 15.5.